The monoisotopic (exact) mass is 543 g/mol. The Morgan fingerprint density at radius 1 is 1.16 bits per heavy atom. The fourth-order valence-electron chi connectivity index (χ4n) is 4.22. The normalized spacial score (nSPS) is 21.5. The Kier molecular flexibility index (Phi) is 6.13. The number of fused-ring (bicyclic) bond motifs is 2. The molecule has 1 aromatic heterocycles. The molecule has 2 aromatic carbocycles. The van der Waals surface area contributed by atoms with Crippen molar-refractivity contribution in [2.75, 3.05) is 12.4 Å². The van der Waals surface area contributed by atoms with E-state index in [1.807, 2.05) is 6.92 Å². The predicted molar refractivity (Wildman–Crippen MR) is 134 cm³/mol. The molecule has 3 heterocycles. The highest BCUT2D eigenvalue weighted by Crippen LogP contribution is 2.51. The van der Waals surface area contributed by atoms with Gasteiger partial charge in [-0.15, -0.1) is 11.8 Å². The quantitative estimate of drug-likeness (QED) is 0.269. The smallest absolute Gasteiger partial charge is 0.352 e. The molecule has 5 rings (SSSR count). The molecule has 0 aliphatic carbocycles. The van der Waals surface area contributed by atoms with Crippen LogP contribution in [0, 0.1) is 6.92 Å². The molecule has 1 amide bonds. The largest absolute Gasteiger partial charge is 0.489 e. The van der Waals surface area contributed by atoms with E-state index in [4.69, 9.17) is 13.3 Å². The molecule has 2 aliphatic heterocycles. The van der Waals surface area contributed by atoms with E-state index in [2.05, 4.69) is 0 Å². The van der Waals surface area contributed by atoms with Gasteiger partial charge in [0.1, 0.15) is 28.5 Å². The number of carbonyl (C=O) groups is 2. The second kappa shape index (κ2) is 9.05. The number of aliphatic carboxylic acids is 1. The standard InChI is InChI=1S/C25H21NO9S2/c1-14-3-8-18(9-4-14)37(31,32)35-22-23(28)26-21(24(29)30)16(13-36-25(22,26)2)12-33-17-7-5-15-6-10-20(27)34-19(15)11-17/h3-11,22H,12-13H2,1-2H3,(H,29,30)/t22-,25+/m0/s1. The number of carbonyl (C=O) groups excluding carboxylic acids is 1. The third-order valence-corrected chi connectivity index (χ3v) is 8.98. The lowest BCUT2D eigenvalue weighted by molar-refractivity contribution is -0.165. The van der Waals surface area contributed by atoms with Crippen LogP contribution in [-0.2, 0) is 23.9 Å². The number of amides is 1. The summed E-state index contributed by atoms with van der Waals surface area (Å²) >= 11 is 1.19. The molecular formula is C25H21NO9S2. The van der Waals surface area contributed by atoms with Gasteiger partial charge in [-0.3, -0.25) is 9.69 Å². The summed E-state index contributed by atoms with van der Waals surface area (Å²) in [6, 6.07) is 13.8. The van der Waals surface area contributed by atoms with Crippen LogP contribution in [0.2, 0.25) is 0 Å². The first-order chi connectivity index (χ1) is 17.5. The van der Waals surface area contributed by atoms with Crippen molar-refractivity contribution < 1.29 is 36.5 Å². The van der Waals surface area contributed by atoms with Crippen LogP contribution in [0.15, 0.2) is 80.0 Å². The van der Waals surface area contributed by atoms with E-state index in [1.54, 1.807) is 37.3 Å². The molecule has 0 bridgehead atoms. The van der Waals surface area contributed by atoms with Crippen LogP contribution >= 0.6 is 11.8 Å². The molecule has 3 aromatic rings. The zero-order valence-corrected chi connectivity index (χ0v) is 21.3. The van der Waals surface area contributed by atoms with Gasteiger partial charge < -0.3 is 14.3 Å². The van der Waals surface area contributed by atoms with Gasteiger partial charge in [0.05, 0.1) is 4.90 Å². The summed E-state index contributed by atoms with van der Waals surface area (Å²) in [6.45, 7) is 3.23. The number of carboxylic acid groups (broad SMARTS) is 1. The Labute approximate surface area is 215 Å². The van der Waals surface area contributed by atoms with Crippen LogP contribution < -0.4 is 10.4 Å². The zero-order valence-electron chi connectivity index (χ0n) is 19.7. The Balaban J connectivity index is 1.38. The van der Waals surface area contributed by atoms with E-state index in [0.717, 1.165) is 10.5 Å². The number of carboxylic acids is 1. The molecule has 10 nitrogen and oxygen atoms in total. The number of hydrogen-bond acceptors (Lipinski definition) is 9. The van der Waals surface area contributed by atoms with Crippen molar-refractivity contribution in [1.82, 2.24) is 4.90 Å². The van der Waals surface area contributed by atoms with E-state index in [0.29, 0.717) is 22.3 Å². The van der Waals surface area contributed by atoms with Crippen molar-refractivity contribution in [3.8, 4) is 5.75 Å². The zero-order chi connectivity index (χ0) is 26.5. The second-order valence-electron chi connectivity index (χ2n) is 8.76. The van der Waals surface area contributed by atoms with Crippen molar-refractivity contribution in [3.05, 3.63) is 81.9 Å². The molecule has 12 heteroatoms. The van der Waals surface area contributed by atoms with Crippen LogP contribution in [0.3, 0.4) is 0 Å². The summed E-state index contributed by atoms with van der Waals surface area (Å²) in [5, 5.41) is 10.6. The lowest BCUT2D eigenvalue weighted by atomic mass is 9.95. The SMILES string of the molecule is Cc1ccc(S(=O)(=O)O[C@H]2C(=O)N3C(C(=O)O)=C(COc4ccc5ccc(=O)oc5c4)CS[C@]23C)cc1. The minimum atomic E-state index is -4.26. The Bertz CT molecular complexity index is 1630. The Hall–Kier alpha value is -3.61. The van der Waals surface area contributed by atoms with Gasteiger partial charge in [0.2, 0.25) is 0 Å². The molecule has 2 atom stereocenters. The minimum absolute atomic E-state index is 0.0944. The van der Waals surface area contributed by atoms with Crippen LogP contribution in [-0.4, -0.2) is 53.6 Å². The van der Waals surface area contributed by atoms with E-state index in [9.17, 15) is 27.9 Å². The average Bonchev–Trinajstić information content (AvgIpc) is 2.86. The van der Waals surface area contributed by atoms with Gasteiger partial charge >= 0.3 is 11.6 Å². The lowest BCUT2D eigenvalue weighted by Crippen LogP contribution is -2.73. The maximum absolute atomic E-state index is 13.0. The van der Waals surface area contributed by atoms with E-state index in [-0.39, 0.29) is 23.0 Å². The van der Waals surface area contributed by atoms with Gasteiger partial charge in [-0.2, -0.15) is 8.42 Å². The second-order valence-corrected chi connectivity index (χ2v) is 11.7. The summed E-state index contributed by atoms with van der Waals surface area (Å²) in [7, 11) is -4.26. The molecule has 192 valence electrons. The molecule has 1 fully saturated rings. The number of nitrogens with zero attached hydrogens (tertiary/aromatic N) is 1. The first kappa shape index (κ1) is 25.1. The number of β-lactam (4-membered cyclic amide) rings is 1. The molecule has 2 aliphatic rings. The first-order valence-corrected chi connectivity index (χ1v) is 13.5. The third kappa shape index (κ3) is 4.41. The Morgan fingerprint density at radius 3 is 2.57 bits per heavy atom. The van der Waals surface area contributed by atoms with Crippen LogP contribution in [0.4, 0.5) is 0 Å². The molecule has 1 saturated heterocycles. The number of aryl methyl sites for hydroxylation is 1. The van der Waals surface area contributed by atoms with Gasteiger partial charge in [0, 0.05) is 28.8 Å². The molecule has 0 spiro atoms. The first-order valence-electron chi connectivity index (χ1n) is 11.1. The van der Waals surface area contributed by atoms with E-state index >= 15 is 0 Å². The van der Waals surface area contributed by atoms with Crippen molar-refractivity contribution in [1.29, 1.82) is 0 Å². The maximum Gasteiger partial charge on any atom is 0.352 e. The molecular weight excluding hydrogens is 522 g/mol. The highest BCUT2D eigenvalue weighted by atomic mass is 32.2. The van der Waals surface area contributed by atoms with Crippen LogP contribution in [0.25, 0.3) is 11.0 Å². The molecule has 37 heavy (non-hydrogen) atoms. The summed E-state index contributed by atoms with van der Waals surface area (Å²) in [4.78, 5) is 36.4. The highest BCUT2D eigenvalue weighted by molar-refractivity contribution is 8.01. The summed E-state index contributed by atoms with van der Waals surface area (Å²) in [6.07, 6.45) is -1.39. The van der Waals surface area contributed by atoms with Crippen molar-refractivity contribution in [2.45, 2.75) is 29.7 Å². The molecule has 0 unspecified atom stereocenters. The summed E-state index contributed by atoms with van der Waals surface area (Å²) in [5.74, 6) is -1.61. The third-order valence-electron chi connectivity index (χ3n) is 6.22. The van der Waals surface area contributed by atoms with Crippen molar-refractivity contribution in [2.24, 2.45) is 0 Å². The summed E-state index contributed by atoms with van der Waals surface area (Å²) < 4.78 is 41.8. The van der Waals surface area contributed by atoms with Crippen LogP contribution in [0.5, 0.6) is 5.75 Å². The summed E-state index contributed by atoms with van der Waals surface area (Å²) in [5.41, 5.74) is 0.722. The predicted octanol–water partition coefficient (Wildman–Crippen LogP) is 2.90. The molecule has 0 radical (unpaired) electrons. The van der Waals surface area contributed by atoms with E-state index in [1.165, 1.54) is 36.0 Å². The maximum atomic E-state index is 13.0. The average molecular weight is 544 g/mol. The van der Waals surface area contributed by atoms with Gasteiger partial charge in [-0.05, 0) is 44.2 Å². The lowest BCUT2D eigenvalue weighted by Gasteiger charge is -2.56. The number of rotatable bonds is 7. The fourth-order valence-corrected chi connectivity index (χ4v) is 6.69. The number of ether oxygens (including phenoxy) is 1. The highest BCUT2D eigenvalue weighted by Gasteiger charge is 2.64. The van der Waals surface area contributed by atoms with Gasteiger partial charge in [-0.1, -0.05) is 17.7 Å². The van der Waals surface area contributed by atoms with Crippen molar-refractivity contribution >= 4 is 44.7 Å². The van der Waals surface area contributed by atoms with Gasteiger partial charge in [0.25, 0.3) is 16.0 Å². The van der Waals surface area contributed by atoms with Gasteiger partial charge in [0.15, 0.2) is 6.10 Å². The van der Waals surface area contributed by atoms with Crippen LogP contribution in [0.1, 0.15) is 12.5 Å². The molecule has 0 saturated carbocycles. The number of thioether (sulfide) groups is 1. The molecule has 1 N–H and O–H groups in total. The fraction of sp³-hybridized carbons (Fsp3) is 0.240. The topological polar surface area (TPSA) is 140 Å². The minimum Gasteiger partial charge on any atom is -0.489 e. The van der Waals surface area contributed by atoms with E-state index < -0.39 is 38.6 Å². The van der Waals surface area contributed by atoms with Crippen molar-refractivity contribution in [3.63, 3.8) is 0 Å². The number of benzene rings is 2. The van der Waals surface area contributed by atoms with Gasteiger partial charge in [-0.25, -0.2) is 13.8 Å². The Morgan fingerprint density at radius 2 is 1.86 bits per heavy atom. The number of hydrogen-bond donors (Lipinski definition) is 1.